The van der Waals surface area contributed by atoms with Crippen LogP contribution < -0.4 is 20.2 Å². The molecule has 0 bridgehead atoms. The molecular formula is C27H26N4O6S. The van der Waals surface area contributed by atoms with E-state index >= 15 is 0 Å². The molecule has 0 aliphatic carbocycles. The molecule has 0 saturated carbocycles. The Morgan fingerprint density at radius 3 is 2.68 bits per heavy atom. The van der Waals surface area contributed by atoms with Crippen LogP contribution >= 0.6 is 11.3 Å². The second-order valence-electron chi connectivity index (χ2n) is 8.63. The van der Waals surface area contributed by atoms with Gasteiger partial charge in [-0.05, 0) is 46.6 Å². The zero-order chi connectivity index (χ0) is 26.6. The van der Waals surface area contributed by atoms with E-state index in [0.717, 1.165) is 23.5 Å². The second-order valence-corrected chi connectivity index (χ2v) is 9.71. The second kappa shape index (κ2) is 11.0. The van der Waals surface area contributed by atoms with E-state index in [1.54, 1.807) is 38.3 Å². The van der Waals surface area contributed by atoms with Crippen molar-refractivity contribution < 1.29 is 28.6 Å². The van der Waals surface area contributed by atoms with Gasteiger partial charge in [0.25, 0.3) is 0 Å². The van der Waals surface area contributed by atoms with Crippen molar-refractivity contribution in [2.45, 2.75) is 26.4 Å². The standard InChI is InChI=1S/C27H26N4O6S/c1-3-36-26(33)22-20-13-14-30(15-17-7-5-4-6-8-17)16-21(20)38-25(22)28-24(32)23-27(34)37-29-31(23)18-9-11-19(35-2)12-10-18/h4-12H,3,13-16H2,1-2H3,(H-,28,29,32,33,34). The molecule has 11 heteroatoms. The molecule has 0 fully saturated rings. The number of aromatic nitrogens is 2. The van der Waals surface area contributed by atoms with Crippen LogP contribution in [0.3, 0.4) is 0 Å². The Labute approximate surface area is 222 Å². The lowest BCUT2D eigenvalue weighted by Gasteiger charge is -2.27. The molecule has 3 heterocycles. The third-order valence-electron chi connectivity index (χ3n) is 6.23. The average Bonchev–Trinajstić information content (AvgIpc) is 3.49. The molecule has 1 aliphatic rings. The number of rotatable bonds is 8. The van der Waals surface area contributed by atoms with Crippen LogP contribution in [0.15, 0.2) is 68.9 Å². The summed E-state index contributed by atoms with van der Waals surface area (Å²) in [6.07, 6.45) is 0.620. The fourth-order valence-electron chi connectivity index (χ4n) is 4.42. The Bertz CT molecular complexity index is 1520. The molecule has 38 heavy (non-hydrogen) atoms. The number of aliphatic imine (C=N–C) groups is 1. The maximum absolute atomic E-state index is 13.3. The van der Waals surface area contributed by atoms with Crippen molar-refractivity contribution in [3.8, 4) is 11.4 Å². The summed E-state index contributed by atoms with van der Waals surface area (Å²) in [6.45, 7) is 4.05. The highest BCUT2D eigenvalue weighted by Crippen LogP contribution is 2.40. The molecule has 0 amide bonds. The van der Waals surface area contributed by atoms with E-state index in [4.69, 9.17) is 14.0 Å². The number of esters is 1. The van der Waals surface area contributed by atoms with Gasteiger partial charge in [0.2, 0.25) is 5.69 Å². The van der Waals surface area contributed by atoms with Crippen molar-refractivity contribution in [3.05, 3.63) is 92.3 Å². The van der Waals surface area contributed by atoms with Gasteiger partial charge in [0.05, 0.1) is 25.2 Å². The van der Waals surface area contributed by atoms with Crippen molar-refractivity contribution >= 4 is 28.2 Å². The van der Waals surface area contributed by atoms with Crippen molar-refractivity contribution in [1.29, 1.82) is 0 Å². The maximum Gasteiger partial charge on any atom is 0.436 e. The van der Waals surface area contributed by atoms with Crippen LogP contribution in [0.5, 0.6) is 5.75 Å². The third kappa shape index (κ3) is 5.11. The highest BCUT2D eigenvalue weighted by atomic mass is 32.1. The number of thiophene rings is 1. The first-order valence-electron chi connectivity index (χ1n) is 12.1. The monoisotopic (exact) mass is 534 g/mol. The van der Waals surface area contributed by atoms with Gasteiger partial charge in [-0.2, -0.15) is 0 Å². The van der Waals surface area contributed by atoms with Crippen LogP contribution in [0.25, 0.3) is 5.69 Å². The normalized spacial score (nSPS) is 13.8. The largest absolute Gasteiger partial charge is 0.854 e. The smallest absolute Gasteiger partial charge is 0.436 e. The van der Waals surface area contributed by atoms with Crippen LogP contribution in [0, 0.1) is 0 Å². The number of hydrogen-bond donors (Lipinski definition) is 1. The summed E-state index contributed by atoms with van der Waals surface area (Å²) in [5, 5.41) is 16.0. The van der Waals surface area contributed by atoms with E-state index in [0.29, 0.717) is 24.4 Å². The summed E-state index contributed by atoms with van der Waals surface area (Å²) >= 11 is 1.27. The molecule has 0 spiro atoms. The summed E-state index contributed by atoms with van der Waals surface area (Å²) < 4.78 is 16.6. The molecule has 5 rings (SSSR count). The predicted molar refractivity (Wildman–Crippen MR) is 138 cm³/mol. The van der Waals surface area contributed by atoms with E-state index in [2.05, 4.69) is 27.3 Å². The number of nitrogens with one attached hydrogen (secondary N) is 1. The van der Waals surface area contributed by atoms with E-state index in [-0.39, 0.29) is 22.9 Å². The Hall–Kier alpha value is -4.22. The number of benzene rings is 2. The molecule has 196 valence electrons. The molecule has 2 aromatic carbocycles. The number of ether oxygens (including phenoxy) is 2. The van der Waals surface area contributed by atoms with E-state index in [9.17, 15) is 14.7 Å². The number of fused-ring (bicyclic) bond motifs is 1. The van der Waals surface area contributed by atoms with Gasteiger partial charge in [0, 0.05) is 36.6 Å². The summed E-state index contributed by atoms with van der Waals surface area (Å²) in [5.74, 6) is -0.749. The Morgan fingerprint density at radius 1 is 1.21 bits per heavy atom. The fraction of sp³-hybridized carbons (Fsp3) is 0.259. The van der Waals surface area contributed by atoms with Crippen molar-refractivity contribution in [2.24, 2.45) is 4.99 Å². The molecular weight excluding hydrogens is 508 g/mol. The summed E-state index contributed by atoms with van der Waals surface area (Å²) in [5.41, 5.74) is 1.61. The summed E-state index contributed by atoms with van der Waals surface area (Å²) in [7, 11) is 1.54. The summed E-state index contributed by atoms with van der Waals surface area (Å²) in [4.78, 5) is 32.9. The lowest BCUT2D eigenvalue weighted by atomic mass is 10.0. The quantitative estimate of drug-likeness (QED) is 0.159. The lowest BCUT2D eigenvalue weighted by Crippen LogP contribution is -2.44. The van der Waals surface area contributed by atoms with Crippen LogP contribution in [0.2, 0.25) is 0 Å². The number of hydrogen-bond acceptors (Lipinski definition) is 9. The number of nitrogens with zero attached hydrogens (tertiary/aromatic N) is 3. The van der Waals surface area contributed by atoms with Crippen molar-refractivity contribution in [1.82, 2.24) is 10.2 Å². The molecule has 0 radical (unpaired) electrons. The first kappa shape index (κ1) is 25.4. The van der Waals surface area contributed by atoms with Crippen molar-refractivity contribution in [3.63, 3.8) is 0 Å². The van der Waals surface area contributed by atoms with Gasteiger partial charge < -0.3 is 14.6 Å². The van der Waals surface area contributed by atoms with Crippen molar-refractivity contribution in [2.75, 3.05) is 20.3 Å². The predicted octanol–water partition coefficient (Wildman–Crippen LogP) is 2.49. The third-order valence-corrected chi connectivity index (χ3v) is 7.34. The van der Waals surface area contributed by atoms with Crippen LogP contribution in [-0.4, -0.2) is 42.3 Å². The first-order valence-corrected chi connectivity index (χ1v) is 12.9. The number of methoxy groups -OCH3 is 1. The minimum atomic E-state index is -0.873. The van der Waals surface area contributed by atoms with E-state index < -0.39 is 17.5 Å². The number of aromatic amines is 1. The Kier molecular flexibility index (Phi) is 7.38. The van der Waals surface area contributed by atoms with Gasteiger partial charge in [-0.15, -0.1) is 11.3 Å². The van der Waals surface area contributed by atoms with Crippen LogP contribution in [-0.2, 0) is 24.2 Å². The van der Waals surface area contributed by atoms with Crippen LogP contribution in [0.1, 0.15) is 39.0 Å². The topological polar surface area (TPSA) is 124 Å². The highest BCUT2D eigenvalue weighted by Gasteiger charge is 2.30. The van der Waals surface area contributed by atoms with Gasteiger partial charge in [-0.1, -0.05) is 30.3 Å². The van der Waals surface area contributed by atoms with Gasteiger partial charge in [0.15, 0.2) is 0 Å². The van der Waals surface area contributed by atoms with Gasteiger partial charge in [0.1, 0.15) is 10.8 Å². The lowest BCUT2D eigenvalue weighted by molar-refractivity contribution is -0.673. The average molecular weight is 535 g/mol. The molecule has 0 saturated heterocycles. The number of carbonyl (C=O) groups excluding carboxylic acids is 1. The van der Waals surface area contributed by atoms with Gasteiger partial charge >= 0.3 is 17.3 Å². The van der Waals surface area contributed by atoms with Crippen LogP contribution in [0.4, 0.5) is 5.00 Å². The molecule has 0 unspecified atom stereocenters. The molecule has 2 aromatic heterocycles. The van der Waals surface area contributed by atoms with E-state index in [1.165, 1.54) is 21.6 Å². The molecule has 10 nitrogen and oxygen atoms in total. The Balaban J connectivity index is 1.51. The zero-order valence-electron chi connectivity index (χ0n) is 20.9. The number of H-pyrrole nitrogens is 1. The molecule has 0 atom stereocenters. The first-order chi connectivity index (χ1) is 18.5. The van der Waals surface area contributed by atoms with Gasteiger partial charge in [-0.3, -0.25) is 9.42 Å². The zero-order valence-corrected chi connectivity index (χ0v) is 21.7. The Morgan fingerprint density at radius 2 is 1.97 bits per heavy atom. The summed E-state index contributed by atoms with van der Waals surface area (Å²) in [6, 6.07) is 16.9. The van der Waals surface area contributed by atoms with E-state index in [1.807, 2.05) is 18.2 Å². The minimum absolute atomic E-state index is 0.190. The SMILES string of the molecule is CCOC(=O)c1c(/N=C(\[O-])c2c(=O)o[nH][n+]2-c2ccc(OC)cc2)sc2c1CCN(Cc1ccccc1)C2. The maximum atomic E-state index is 13.3. The molecule has 1 aliphatic heterocycles. The highest BCUT2D eigenvalue weighted by molar-refractivity contribution is 7.16. The molecule has 1 N–H and O–H groups in total. The number of carbonyl (C=O) groups is 1. The minimum Gasteiger partial charge on any atom is -0.854 e. The van der Waals surface area contributed by atoms with Gasteiger partial charge in [-0.25, -0.2) is 14.6 Å². The molecule has 4 aromatic rings. The fourth-order valence-corrected chi connectivity index (χ4v) is 5.67.